The van der Waals surface area contributed by atoms with Gasteiger partial charge in [-0.25, -0.2) is 0 Å². The van der Waals surface area contributed by atoms with Gasteiger partial charge in [-0.2, -0.15) is 0 Å². The lowest BCUT2D eigenvalue weighted by Crippen LogP contribution is -2.18. The Labute approximate surface area is 133 Å². The Hall–Kier alpha value is -0.750. The Kier molecular flexibility index (Phi) is 7.99. The predicted molar refractivity (Wildman–Crippen MR) is 85.1 cm³/mol. The molecule has 20 heavy (non-hydrogen) atoms. The van der Waals surface area contributed by atoms with Crippen LogP contribution in [-0.4, -0.2) is 34.0 Å². The molecule has 0 heterocycles. The van der Waals surface area contributed by atoms with E-state index in [1.54, 1.807) is 14.2 Å². The minimum atomic E-state index is 0.335. The van der Waals surface area contributed by atoms with Gasteiger partial charge >= 0.3 is 0 Å². The number of hydrogen-bond acceptors (Lipinski definition) is 4. The van der Waals surface area contributed by atoms with Gasteiger partial charge in [0.05, 0.1) is 18.7 Å². The van der Waals surface area contributed by atoms with Crippen molar-refractivity contribution in [1.29, 1.82) is 0 Å². The molecule has 0 saturated carbocycles. The van der Waals surface area contributed by atoms with E-state index in [1.807, 2.05) is 12.1 Å². The van der Waals surface area contributed by atoms with Crippen LogP contribution < -0.4 is 14.8 Å². The van der Waals surface area contributed by atoms with Gasteiger partial charge in [0.15, 0.2) is 11.5 Å². The van der Waals surface area contributed by atoms with Crippen LogP contribution in [0.4, 0.5) is 0 Å². The molecule has 1 N–H and O–H groups in total. The van der Waals surface area contributed by atoms with E-state index in [9.17, 15) is 0 Å². The summed E-state index contributed by atoms with van der Waals surface area (Å²) >= 11 is 9.48. The van der Waals surface area contributed by atoms with Crippen LogP contribution in [0.1, 0.15) is 5.56 Å². The molecule has 0 aliphatic carbocycles. The SMILES string of the molecule is C=C(Br)COc1c(Cl)cc(CNCCOC)cc1OC. The molecule has 0 fully saturated rings. The predicted octanol–water partition coefficient (Wildman–Crippen LogP) is 3.37. The molecule has 1 rings (SSSR count). The van der Waals surface area contributed by atoms with E-state index in [0.29, 0.717) is 36.3 Å². The minimum absolute atomic E-state index is 0.335. The summed E-state index contributed by atoms with van der Waals surface area (Å²) in [6.07, 6.45) is 0. The monoisotopic (exact) mass is 363 g/mol. The summed E-state index contributed by atoms with van der Waals surface area (Å²) in [6, 6.07) is 3.76. The minimum Gasteiger partial charge on any atom is -0.493 e. The van der Waals surface area contributed by atoms with Crippen LogP contribution in [0, 0.1) is 0 Å². The van der Waals surface area contributed by atoms with Crippen molar-refractivity contribution in [2.24, 2.45) is 0 Å². The number of nitrogens with one attached hydrogen (secondary N) is 1. The number of halogens is 2. The fraction of sp³-hybridized carbons (Fsp3) is 0.429. The van der Waals surface area contributed by atoms with Crippen molar-refractivity contribution in [2.75, 3.05) is 34.0 Å². The molecule has 4 nitrogen and oxygen atoms in total. The van der Waals surface area contributed by atoms with Crippen LogP contribution in [0.25, 0.3) is 0 Å². The zero-order valence-electron chi connectivity index (χ0n) is 11.7. The topological polar surface area (TPSA) is 39.7 Å². The first-order chi connectivity index (χ1) is 9.58. The summed E-state index contributed by atoms with van der Waals surface area (Å²) in [5.74, 6) is 1.13. The van der Waals surface area contributed by atoms with Crippen LogP contribution >= 0.6 is 27.5 Å². The summed E-state index contributed by atoms with van der Waals surface area (Å²) in [6.45, 7) is 6.18. The van der Waals surface area contributed by atoms with Crippen molar-refractivity contribution in [3.63, 3.8) is 0 Å². The van der Waals surface area contributed by atoms with Gasteiger partial charge in [0.2, 0.25) is 0 Å². The van der Waals surface area contributed by atoms with Crippen molar-refractivity contribution in [3.8, 4) is 11.5 Å². The zero-order chi connectivity index (χ0) is 15.0. The van der Waals surface area contributed by atoms with Gasteiger partial charge in [0, 0.05) is 24.7 Å². The number of rotatable bonds is 9. The average Bonchev–Trinajstić information content (AvgIpc) is 2.41. The maximum Gasteiger partial charge on any atom is 0.180 e. The molecule has 1 aromatic rings. The van der Waals surface area contributed by atoms with E-state index in [4.69, 9.17) is 25.8 Å². The summed E-state index contributed by atoms with van der Waals surface area (Å²) < 4.78 is 16.6. The Morgan fingerprint density at radius 3 is 2.75 bits per heavy atom. The fourth-order valence-corrected chi connectivity index (χ4v) is 1.98. The fourth-order valence-electron chi connectivity index (χ4n) is 1.57. The number of methoxy groups -OCH3 is 2. The van der Waals surface area contributed by atoms with Crippen molar-refractivity contribution in [2.45, 2.75) is 6.54 Å². The molecule has 0 bridgehead atoms. The van der Waals surface area contributed by atoms with Crippen LogP contribution in [-0.2, 0) is 11.3 Å². The van der Waals surface area contributed by atoms with Gasteiger partial charge in [-0.15, -0.1) is 0 Å². The maximum atomic E-state index is 6.23. The van der Waals surface area contributed by atoms with Crippen LogP contribution in [0.3, 0.4) is 0 Å². The maximum absolute atomic E-state index is 6.23. The Morgan fingerprint density at radius 1 is 1.40 bits per heavy atom. The van der Waals surface area contributed by atoms with E-state index in [-0.39, 0.29) is 0 Å². The molecular formula is C14H19BrClNO3. The van der Waals surface area contributed by atoms with E-state index >= 15 is 0 Å². The second-order valence-electron chi connectivity index (χ2n) is 4.08. The summed E-state index contributed by atoms with van der Waals surface area (Å²) in [7, 11) is 3.26. The second kappa shape index (κ2) is 9.23. The van der Waals surface area contributed by atoms with Gasteiger partial charge in [-0.1, -0.05) is 34.1 Å². The number of hydrogen-bond donors (Lipinski definition) is 1. The molecule has 112 valence electrons. The summed E-state index contributed by atoms with van der Waals surface area (Å²) in [4.78, 5) is 0. The van der Waals surface area contributed by atoms with Gasteiger partial charge in [0.25, 0.3) is 0 Å². The third-order valence-electron chi connectivity index (χ3n) is 2.47. The van der Waals surface area contributed by atoms with Crippen molar-refractivity contribution in [3.05, 3.63) is 33.8 Å². The molecular weight excluding hydrogens is 346 g/mol. The quantitative estimate of drug-likeness (QED) is 0.682. The van der Waals surface area contributed by atoms with E-state index in [1.165, 1.54) is 0 Å². The van der Waals surface area contributed by atoms with Gasteiger partial charge < -0.3 is 19.5 Å². The largest absolute Gasteiger partial charge is 0.493 e. The van der Waals surface area contributed by atoms with Crippen molar-refractivity contribution >= 4 is 27.5 Å². The normalized spacial score (nSPS) is 10.4. The molecule has 6 heteroatoms. The summed E-state index contributed by atoms with van der Waals surface area (Å²) in [5.41, 5.74) is 1.02. The highest BCUT2D eigenvalue weighted by atomic mass is 79.9. The van der Waals surface area contributed by atoms with Crippen molar-refractivity contribution < 1.29 is 14.2 Å². The lowest BCUT2D eigenvalue weighted by Gasteiger charge is -2.14. The van der Waals surface area contributed by atoms with Crippen molar-refractivity contribution in [1.82, 2.24) is 5.32 Å². The Balaban J connectivity index is 2.75. The van der Waals surface area contributed by atoms with E-state index < -0.39 is 0 Å². The molecule has 0 spiro atoms. The number of benzene rings is 1. The molecule has 1 aromatic carbocycles. The van der Waals surface area contributed by atoms with E-state index in [2.05, 4.69) is 27.8 Å². The lowest BCUT2D eigenvalue weighted by atomic mass is 10.2. The first-order valence-corrected chi connectivity index (χ1v) is 7.27. The van der Waals surface area contributed by atoms with Crippen LogP contribution in [0.15, 0.2) is 23.2 Å². The Bertz CT molecular complexity index is 454. The molecule has 0 amide bonds. The number of ether oxygens (including phenoxy) is 3. The first-order valence-electron chi connectivity index (χ1n) is 6.10. The van der Waals surface area contributed by atoms with Crippen LogP contribution in [0.5, 0.6) is 11.5 Å². The average molecular weight is 365 g/mol. The van der Waals surface area contributed by atoms with Crippen LogP contribution in [0.2, 0.25) is 5.02 Å². The van der Waals surface area contributed by atoms with Gasteiger partial charge in [-0.3, -0.25) is 0 Å². The highest BCUT2D eigenvalue weighted by Crippen LogP contribution is 2.36. The molecule has 0 aromatic heterocycles. The molecule has 0 radical (unpaired) electrons. The van der Waals surface area contributed by atoms with Gasteiger partial charge in [0.1, 0.15) is 6.61 Å². The third kappa shape index (κ3) is 5.71. The smallest absolute Gasteiger partial charge is 0.180 e. The van der Waals surface area contributed by atoms with E-state index in [0.717, 1.165) is 16.6 Å². The highest BCUT2D eigenvalue weighted by molar-refractivity contribution is 9.11. The first kappa shape index (κ1) is 17.3. The second-order valence-corrected chi connectivity index (χ2v) is 5.61. The molecule has 0 unspecified atom stereocenters. The van der Waals surface area contributed by atoms with Gasteiger partial charge in [-0.05, 0) is 17.7 Å². The molecule has 0 atom stereocenters. The highest BCUT2D eigenvalue weighted by Gasteiger charge is 2.12. The third-order valence-corrected chi connectivity index (χ3v) is 2.98. The molecule has 0 aliphatic heterocycles. The standard InChI is InChI=1S/C14H19BrClNO3/c1-10(15)9-20-14-12(16)6-11(7-13(14)19-3)8-17-4-5-18-2/h6-7,17H,1,4-5,8-9H2,2-3H3. The molecule has 0 aliphatic rings. The summed E-state index contributed by atoms with van der Waals surface area (Å²) in [5, 5.41) is 3.76. The Morgan fingerprint density at radius 2 is 2.15 bits per heavy atom. The zero-order valence-corrected chi connectivity index (χ0v) is 14.0. The lowest BCUT2D eigenvalue weighted by molar-refractivity contribution is 0.199. The molecule has 0 saturated heterocycles.